The number of ether oxygens (including phenoxy) is 1. The summed E-state index contributed by atoms with van der Waals surface area (Å²) in [5.41, 5.74) is 1.65. The van der Waals surface area contributed by atoms with Crippen LogP contribution >= 0.6 is 0 Å². The van der Waals surface area contributed by atoms with Crippen molar-refractivity contribution in [1.29, 1.82) is 0 Å². The second kappa shape index (κ2) is 6.20. The third-order valence-corrected chi connectivity index (χ3v) is 2.96. The minimum absolute atomic E-state index is 0.216. The monoisotopic (exact) mass is 259 g/mol. The molecule has 0 spiro atoms. The Bertz CT molecular complexity index is 533. The van der Waals surface area contributed by atoms with Gasteiger partial charge in [0.1, 0.15) is 12.0 Å². The van der Waals surface area contributed by atoms with E-state index in [4.69, 9.17) is 4.42 Å². The summed E-state index contributed by atoms with van der Waals surface area (Å²) >= 11 is 0. The third-order valence-electron chi connectivity index (χ3n) is 2.96. The zero-order chi connectivity index (χ0) is 13.7. The maximum absolute atomic E-state index is 11.3. The number of carbonyl (C=O) groups is 1. The number of esters is 1. The van der Waals surface area contributed by atoms with Crippen LogP contribution in [0.5, 0.6) is 0 Å². The summed E-state index contributed by atoms with van der Waals surface area (Å²) in [6.45, 7) is 2.65. The van der Waals surface area contributed by atoms with E-state index in [2.05, 4.69) is 29.1 Å². The number of hydrogen-bond donors (Lipinski definition) is 1. The molecule has 1 N–H and O–H groups in total. The summed E-state index contributed by atoms with van der Waals surface area (Å²) in [5, 5.41) is 3.34. The summed E-state index contributed by atoms with van der Waals surface area (Å²) in [7, 11) is 1.35. The van der Waals surface area contributed by atoms with Gasteiger partial charge in [-0.2, -0.15) is 0 Å². The third kappa shape index (κ3) is 3.45. The van der Waals surface area contributed by atoms with E-state index in [9.17, 15) is 4.79 Å². The van der Waals surface area contributed by atoms with E-state index in [1.807, 2.05) is 18.2 Å². The lowest BCUT2D eigenvalue weighted by molar-refractivity contribution is 0.0600. The number of carbonyl (C=O) groups excluding carboxylic acids is 1. The van der Waals surface area contributed by atoms with Gasteiger partial charge in [-0.15, -0.1) is 0 Å². The van der Waals surface area contributed by atoms with Gasteiger partial charge in [0.25, 0.3) is 0 Å². The molecule has 0 aliphatic heterocycles. The predicted molar refractivity (Wildman–Crippen MR) is 71.7 cm³/mol. The van der Waals surface area contributed by atoms with Crippen LogP contribution in [-0.2, 0) is 11.3 Å². The molecule has 19 heavy (non-hydrogen) atoms. The van der Waals surface area contributed by atoms with E-state index in [-0.39, 0.29) is 12.0 Å². The van der Waals surface area contributed by atoms with E-state index >= 15 is 0 Å². The molecule has 0 amide bonds. The van der Waals surface area contributed by atoms with Crippen molar-refractivity contribution in [2.24, 2.45) is 0 Å². The normalized spacial score (nSPS) is 12.1. The molecule has 0 saturated heterocycles. The lowest BCUT2D eigenvalue weighted by Crippen LogP contribution is -2.17. The fraction of sp³-hybridized carbons (Fsp3) is 0.267. The lowest BCUT2D eigenvalue weighted by atomic mass is 10.1. The first-order chi connectivity index (χ1) is 9.20. The van der Waals surface area contributed by atoms with Crippen LogP contribution in [0.3, 0.4) is 0 Å². The minimum atomic E-state index is -0.383. The molecular weight excluding hydrogens is 242 g/mol. The number of rotatable bonds is 5. The van der Waals surface area contributed by atoms with Gasteiger partial charge in [-0.25, -0.2) is 4.79 Å². The molecule has 2 rings (SSSR count). The molecule has 0 bridgehead atoms. The van der Waals surface area contributed by atoms with Crippen molar-refractivity contribution in [2.45, 2.75) is 19.5 Å². The Balaban J connectivity index is 1.92. The number of benzene rings is 1. The van der Waals surface area contributed by atoms with Crippen molar-refractivity contribution >= 4 is 5.97 Å². The van der Waals surface area contributed by atoms with Gasteiger partial charge in [0, 0.05) is 6.04 Å². The molecule has 100 valence electrons. The van der Waals surface area contributed by atoms with E-state index in [0.29, 0.717) is 17.9 Å². The van der Waals surface area contributed by atoms with Gasteiger partial charge in [-0.05, 0) is 18.6 Å². The number of hydrogen-bond acceptors (Lipinski definition) is 4. The summed E-state index contributed by atoms with van der Waals surface area (Å²) in [6, 6.07) is 12.1. The van der Waals surface area contributed by atoms with Crippen molar-refractivity contribution < 1.29 is 13.9 Å². The van der Waals surface area contributed by atoms with Crippen LogP contribution in [0.4, 0.5) is 0 Å². The van der Waals surface area contributed by atoms with Gasteiger partial charge in [-0.1, -0.05) is 30.3 Å². The molecule has 0 unspecified atom stereocenters. The molecular formula is C15H17NO3. The Hall–Kier alpha value is -2.07. The zero-order valence-electron chi connectivity index (χ0n) is 11.1. The van der Waals surface area contributed by atoms with Gasteiger partial charge in [0.15, 0.2) is 0 Å². The highest BCUT2D eigenvalue weighted by atomic mass is 16.5. The summed E-state index contributed by atoms with van der Waals surface area (Å²) < 4.78 is 9.94. The van der Waals surface area contributed by atoms with Gasteiger partial charge in [0.05, 0.1) is 19.2 Å². The van der Waals surface area contributed by atoms with Crippen LogP contribution in [0.1, 0.15) is 34.6 Å². The van der Waals surface area contributed by atoms with Gasteiger partial charge in [0.2, 0.25) is 0 Å². The molecule has 1 aromatic carbocycles. The lowest BCUT2D eigenvalue weighted by Gasteiger charge is -2.12. The Morgan fingerprint density at radius 2 is 2.11 bits per heavy atom. The minimum Gasteiger partial charge on any atom is -0.467 e. The Morgan fingerprint density at radius 1 is 1.37 bits per heavy atom. The first kappa shape index (κ1) is 13.4. The van der Waals surface area contributed by atoms with Crippen molar-refractivity contribution in [3.63, 3.8) is 0 Å². The van der Waals surface area contributed by atoms with Gasteiger partial charge in [-0.3, -0.25) is 0 Å². The Labute approximate surface area is 112 Å². The van der Waals surface area contributed by atoms with E-state index in [0.717, 1.165) is 0 Å². The van der Waals surface area contributed by atoms with E-state index < -0.39 is 0 Å². The fourth-order valence-electron chi connectivity index (χ4n) is 1.81. The highest BCUT2D eigenvalue weighted by Crippen LogP contribution is 2.14. The van der Waals surface area contributed by atoms with Crippen LogP contribution in [-0.4, -0.2) is 13.1 Å². The molecule has 1 aromatic heterocycles. The maximum Gasteiger partial charge on any atom is 0.341 e. The smallest absolute Gasteiger partial charge is 0.341 e. The van der Waals surface area contributed by atoms with Crippen LogP contribution in [0.2, 0.25) is 0 Å². The van der Waals surface area contributed by atoms with Crippen molar-refractivity contribution in [3.05, 3.63) is 59.5 Å². The highest BCUT2D eigenvalue weighted by molar-refractivity contribution is 5.88. The molecule has 0 saturated carbocycles. The molecule has 2 aromatic rings. The molecule has 0 fully saturated rings. The van der Waals surface area contributed by atoms with E-state index in [1.54, 1.807) is 6.07 Å². The molecule has 1 atom stereocenters. The van der Waals surface area contributed by atoms with Crippen LogP contribution in [0.15, 0.2) is 47.1 Å². The summed E-state index contributed by atoms with van der Waals surface area (Å²) in [4.78, 5) is 11.3. The summed E-state index contributed by atoms with van der Waals surface area (Å²) in [6.07, 6.45) is 1.41. The number of methoxy groups -OCH3 is 1. The first-order valence-electron chi connectivity index (χ1n) is 6.14. The van der Waals surface area contributed by atoms with Crippen LogP contribution in [0.25, 0.3) is 0 Å². The zero-order valence-corrected chi connectivity index (χ0v) is 11.1. The number of furan rings is 1. The van der Waals surface area contributed by atoms with Crippen LogP contribution in [0, 0.1) is 0 Å². The second-order valence-corrected chi connectivity index (χ2v) is 4.31. The highest BCUT2D eigenvalue weighted by Gasteiger charge is 2.11. The molecule has 1 heterocycles. The number of nitrogens with one attached hydrogen (secondary N) is 1. The standard InChI is InChI=1S/C15H17NO3/c1-11(12-6-4-3-5-7-12)16-9-14-8-13(10-19-14)15(17)18-2/h3-8,10-11,16H,9H2,1-2H3/t11-/m1/s1. The Kier molecular flexibility index (Phi) is 4.36. The molecule has 0 aliphatic carbocycles. The second-order valence-electron chi connectivity index (χ2n) is 4.31. The molecule has 0 radical (unpaired) electrons. The average Bonchev–Trinajstić information content (AvgIpc) is 2.93. The summed E-state index contributed by atoms with van der Waals surface area (Å²) in [5.74, 6) is 0.328. The average molecular weight is 259 g/mol. The first-order valence-corrected chi connectivity index (χ1v) is 6.14. The quantitative estimate of drug-likeness (QED) is 0.839. The van der Waals surface area contributed by atoms with Crippen molar-refractivity contribution in [3.8, 4) is 0 Å². The molecule has 0 aliphatic rings. The fourth-order valence-corrected chi connectivity index (χ4v) is 1.81. The van der Waals surface area contributed by atoms with Crippen molar-refractivity contribution in [2.75, 3.05) is 7.11 Å². The van der Waals surface area contributed by atoms with Crippen molar-refractivity contribution in [1.82, 2.24) is 5.32 Å². The van der Waals surface area contributed by atoms with Gasteiger partial charge < -0.3 is 14.5 Å². The SMILES string of the molecule is COC(=O)c1coc(CN[C@H](C)c2ccccc2)c1. The topological polar surface area (TPSA) is 51.5 Å². The Morgan fingerprint density at radius 3 is 2.79 bits per heavy atom. The van der Waals surface area contributed by atoms with Gasteiger partial charge >= 0.3 is 5.97 Å². The van der Waals surface area contributed by atoms with E-state index in [1.165, 1.54) is 18.9 Å². The predicted octanol–water partition coefficient (Wildman–Crippen LogP) is 2.92. The largest absolute Gasteiger partial charge is 0.467 e. The maximum atomic E-state index is 11.3. The van der Waals surface area contributed by atoms with Crippen LogP contribution < -0.4 is 5.32 Å². The molecule has 4 heteroatoms. The molecule has 4 nitrogen and oxygen atoms in total.